The number of carbonyl (C=O) groups excluding carboxylic acids is 1. The van der Waals surface area contributed by atoms with Crippen molar-refractivity contribution < 1.29 is 9.53 Å². The standard InChI is InChI=1S/C22H26N2O2/c25-22(24-13-12-17-6-1-2-7-18(17)16-24)15-23-19-8-5-11-21(14-19)26-20-9-3-4-10-20/h1-2,5-8,11,14,20,23H,3-4,9-10,12-13,15-16H2. The molecule has 1 N–H and O–H groups in total. The van der Waals surface area contributed by atoms with Crippen LogP contribution in [0, 0.1) is 0 Å². The number of hydrogen-bond acceptors (Lipinski definition) is 3. The minimum Gasteiger partial charge on any atom is -0.490 e. The van der Waals surface area contributed by atoms with Gasteiger partial charge >= 0.3 is 0 Å². The zero-order valence-electron chi connectivity index (χ0n) is 15.1. The summed E-state index contributed by atoms with van der Waals surface area (Å²) < 4.78 is 6.04. The third-order valence-corrected chi connectivity index (χ3v) is 5.37. The number of nitrogens with zero attached hydrogens (tertiary/aromatic N) is 1. The molecule has 0 unspecified atom stereocenters. The normalized spacial score (nSPS) is 17.0. The van der Waals surface area contributed by atoms with Crippen molar-refractivity contribution in [3.8, 4) is 5.75 Å². The number of anilines is 1. The van der Waals surface area contributed by atoms with Crippen LogP contribution in [-0.4, -0.2) is 30.0 Å². The van der Waals surface area contributed by atoms with Crippen LogP contribution in [0.5, 0.6) is 5.75 Å². The maximum atomic E-state index is 12.6. The van der Waals surface area contributed by atoms with Crippen LogP contribution >= 0.6 is 0 Å². The van der Waals surface area contributed by atoms with Crippen molar-refractivity contribution in [3.05, 3.63) is 59.7 Å². The van der Waals surface area contributed by atoms with Gasteiger partial charge in [0.15, 0.2) is 0 Å². The Morgan fingerprint density at radius 1 is 1.08 bits per heavy atom. The molecule has 4 heteroatoms. The highest BCUT2D eigenvalue weighted by atomic mass is 16.5. The Balaban J connectivity index is 1.32. The zero-order chi connectivity index (χ0) is 17.8. The van der Waals surface area contributed by atoms with Gasteiger partial charge in [0.25, 0.3) is 0 Å². The summed E-state index contributed by atoms with van der Waals surface area (Å²) in [4.78, 5) is 14.5. The number of fused-ring (bicyclic) bond motifs is 1. The molecule has 0 radical (unpaired) electrons. The zero-order valence-corrected chi connectivity index (χ0v) is 15.1. The quantitative estimate of drug-likeness (QED) is 0.886. The molecule has 2 aromatic carbocycles. The summed E-state index contributed by atoms with van der Waals surface area (Å²) in [5.74, 6) is 1.03. The predicted molar refractivity (Wildman–Crippen MR) is 103 cm³/mol. The fourth-order valence-electron chi connectivity index (χ4n) is 3.88. The van der Waals surface area contributed by atoms with E-state index < -0.39 is 0 Å². The molecule has 0 saturated heterocycles. The van der Waals surface area contributed by atoms with Crippen molar-refractivity contribution in [2.45, 2.75) is 44.8 Å². The molecule has 0 bridgehead atoms. The van der Waals surface area contributed by atoms with Crippen molar-refractivity contribution >= 4 is 11.6 Å². The Kier molecular flexibility index (Phi) is 5.09. The van der Waals surface area contributed by atoms with Crippen molar-refractivity contribution in [1.29, 1.82) is 0 Å². The van der Waals surface area contributed by atoms with E-state index in [4.69, 9.17) is 4.74 Å². The van der Waals surface area contributed by atoms with Gasteiger partial charge in [-0.3, -0.25) is 4.79 Å². The van der Waals surface area contributed by atoms with Crippen molar-refractivity contribution in [2.75, 3.05) is 18.4 Å². The molecule has 0 atom stereocenters. The summed E-state index contributed by atoms with van der Waals surface area (Å²) in [6, 6.07) is 16.3. The van der Waals surface area contributed by atoms with Gasteiger partial charge in [0.1, 0.15) is 5.75 Å². The largest absolute Gasteiger partial charge is 0.490 e. The molecule has 1 amide bonds. The Morgan fingerprint density at radius 3 is 2.73 bits per heavy atom. The first-order valence-corrected chi connectivity index (χ1v) is 9.63. The molecule has 26 heavy (non-hydrogen) atoms. The summed E-state index contributed by atoms with van der Waals surface area (Å²) in [5.41, 5.74) is 3.56. The highest BCUT2D eigenvalue weighted by Crippen LogP contribution is 2.26. The second-order valence-electron chi connectivity index (χ2n) is 7.24. The van der Waals surface area contributed by atoms with Crippen LogP contribution in [0.3, 0.4) is 0 Å². The first kappa shape index (κ1) is 17.0. The van der Waals surface area contributed by atoms with E-state index >= 15 is 0 Å². The lowest BCUT2D eigenvalue weighted by atomic mass is 10.00. The molecule has 4 nitrogen and oxygen atoms in total. The Hall–Kier alpha value is -2.49. The van der Waals surface area contributed by atoms with E-state index in [0.717, 1.165) is 37.2 Å². The van der Waals surface area contributed by atoms with Crippen molar-refractivity contribution in [2.24, 2.45) is 0 Å². The number of amides is 1. The first-order valence-electron chi connectivity index (χ1n) is 9.63. The van der Waals surface area contributed by atoms with E-state index in [0.29, 0.717) is 19.2 Å². The SMILES string of the molecule is O=C(CNc1cccc(OC2CCCC2)c1)N1CCc2ccccc2C1. The molecule has 1 fully saturated rings. The van der Waals surface area contributed by atoms with Gasteiger partial charge < -0.3 is 15.0 Å². The van der Waals surface area contributed by atoms with Crippen LogP contribution in [0.2, 0.25) is 0 Å². The Labute approximate surface area is 155 Å². The highest BCUT2D eigenvalue weighted by molar-refractivity contribution is 5.81. The highest BCUT2D eigenvalue weighted by Gasteiger charge is 2.20. The molecule has 136 valence electrons. The average molecular weight is 350 g/mol. The van der Waals surface area contributed by atoms with E-state index in [1.807, 2.05) is 35.2 Å². The lowest BCUT2D eigenvalue weighted by molar-refractivity contribution is -0.130. The van der Waals surface area contributed by atoms with Gasteiger partial charge in [-0.1, -0.05) is 30.3 Å². The molecule has 1 heterocycles. The maximum absolute atomic E-state index is 12.6. The number of benzene rings is 2. The molecular weight excluding hydrogens is 324 g/mol. The maximum Gasteiger partial charge on any atom is 0.242 e. The van der Waals surface area contributed by atoms with Crippen molar-refractivity contribution in [1.82, 2.24) is 4.90 Å². The molecule has 2 aliphatic rings. The molecule has 2 aromatic rings. The molecule has 1 saturated carbocycles. The van der Waals surface area contributed by atoms with Crippen LogP contribution in [0.1, 0.15) is 36.8 Å². The first-order chi connectivity index (χ1) is 12.8. The van der Waals surface area contributed by atoms with E-state index in [1.54, 1.807) is 0 Å². The van der Waals surface area contributed by atoms with E-state index in [1.165, 1.54) is 24.0 Å². The molecular formula is C22H26N2O2. The minimum absolute atomic E-state index is 0.140. The van der Waals surface area contributed by atoms with Gasteiger partial charge in [-0.05, 0) is 55.4 Å². The van der Waals surface area contributed by atoms with Crippen LogP contribution < -0.4 is 10.1 Å². The summed E-state index contributed by atoms with van der Waals surface area (Å²) in [6.07, 6.45) is 6.10. The predicted octanol–water partition coefficient (Wildman–Crippen LogP) is 4.00. The molecule has 0 aromatic heterocycles. The number of nitrogens with one attached hydrogen (secondary N) is 1. The van der Waals surface area contributed by atoms with Crippen LogP contribution in [0.25, 0.3) is 0 Å². The summed E-state index contributed by atoms with van der Waals surface area (Å²) in [7, 11) is 0. The number of ether oxygens (including phenoxy) is 1. The molecule has 4 rings (SSSR count). The fraction of sp³-hybridized carbons (Fsp3) is 0.409. The fourth-order valence-corrected chi connectivity index (χ4v) is 3.88. The van der Waals surface area contributed by atoms with E-state index in [9.17, 15) is 4.79 Å². The summed E-state index contributed by atoms with van der Waals surface area (Å²) in [5, 5.41) is 3.26. The summed E-state index contributed by atoms with van der Waals surface area (Å²) >= 11 is 0. The van der Waals surface area contributed by atoms with Crippen LogP contribution in [-0.2, 0) is 17.8 Å². The van der Waals surface area contributed by atoms with Gasteiger partial charge in [-0.25, -0.2) is 0 Å². The summed E-state index contributed by atoms with van der Waals surface area (Å²) in [6.45, 7) is 1.82. The van der Waals surface area contributed by atoms with E-state index in [-0.39, 0.29) is 5.91 Å². The molecule has 1 aliphatic heterocycles. The number of carbonyl (C=O) groups is 1. The lowest BCUT2D eigenvalue weighted by Crippen LogP contribution is -2.39. The van der Waals surface area contributed by atoms with Crippen LogP contribution in [0.4, 0.5) is 5.69 Å². The minimum atomic E-state index is 0.140. The van der Waals surface area contributed by atoms with E-state index in [2.05, 4.69) is 23.5 Å². The Bertz CT molecular complexity index is 768. The Morgan fingerprint density at radius 2 is 1.88 bits per heavy atom. The van der Waals surface area contributed by atoms with Crippen LogP contribution in [0.15, 0.2) is 48.5 Å². The van der Waals surface area contributed by atoms with Gasteiger partial charge in [0.05, 0.1) is 12.6 Å². The second-order valence-corrected chi connectivity index (χ2v) is 7.24. The smallest absolute Gasteiger partial charge is 0.242 e. The number of rotatable bonds is 5. The molecule has 0 spiro atoms. The van der Waals surface area contributed by atoms with Gasteiger partial charge in [0, 0.05) is 24.8 Å². The average Bonchev–Trinajstić information content (AvgIpc) is 3.19. The van der Waals surface area contributed by atoms with Gasteiger partial charge in [-0.15, -0.1) is 0 Å². The second kappa shape index (κ2) is 7.81. The van der Waals surface area contributed by atoms with Gasteiger partial charge in [-0.2, -0.15) is 0 Å². The number of hydrogen-bond donors (Lipinski definition) is 1. The van der Waals surface area contributed by atoms with Crippen molar-refractivity contribution in [3.63, 3.8) is 0 Å². The third kappa shape index (κ3) is 4.01. The lowest BCUT2D eigenvalue weighted by Gasteiger charge is -2.29. The third-order valence-electron chi connectivity index (χ3n) is 5.37. The topological polar surface area (TPSA) is 41.6 Å². The monoisotopic (exact) mass is 350 g/mol. The molecule has 1 aliphatic carbocycles. The van der Waals surface area contributed by atoms with Gasteiger partial charge in [0.2, 0.25) is 5.91 Å².